The van der Waals surface area contributed by atoms with E-state index in [1.165, 1.54) is 0 Å². The molecule has 0 bridgehead atoms. The number of nitriles is 1. The van der Waals surface area contributed by atoms with Gasteiger partial charge in [-0.05, 0) is 24.6 Å². The molecule has 1 aromatic carbocycles. The smallest absolute Gasteiger partial charge is 0.243 e. The highest BCUT2D eigenvalue weighted by Crippen LogP contribution is 2.43. The van der Waals surface area contributed by atoms with Gasteiger partial charge in [-0.2, -0.15) is 5.26 Å². The molecule has 0 amide bonds. The van der Waals surface area contributed by atoms with E-state index in [1.807, 2.05) is 25.1 Å². The van der Waals surface area contributed by atoms with E-state index in [0.29, 0.717) is 12.5 Å². The van der Waals surface area contributed by atoms with Crippen LogP contribution in [0.25, 0.3) is 0 Å². The molecule has 2 heterocycles. The summed E-state index contributed by atoms with van der Waals surface area (Å²) in [6.07, 6.45) is 0. The Morgan fingerprint density at radius 2 is 2.21 bits per heavy atom. The van der Waals surface area contributed by atoms with E-state index >= 15 is 0 Å². The summed E-state index contributed by atoms with van der Waals surface area (Å²) in [6.45, 7) is 2.28. The lowest BCUT2D eigenvalue weighted by Gasteiger charge is -2.28. The van der Waals surface area contributed by atoms with Gasteiger partial charge in [0, 0.05) is 29.8 Å². The maximum absolute atomic E-state index is 9.57. The van der Waals surface area contributed by atoms with Crippen LogP contribution in [0.15, 0.2) is 18.2 Å². The topological polar surface area (TPSA) is 104 Å². The Morgan fingerprint density at radius 1 is 1.42 bits per heavy atom. The Kier molecular flexibility index (Phi) is 4.23. The quantitative estimate of drug-likeness (QED) is 0.898. The van der Waals surface area contributed by atoms with Crippen molar-refractivity contribution in [3.63, 3.8) is 0 Å². The van der Waals surface area contributed by atoms with Gasteiger partial charge in [-0.3, -0.25) is 10.5 Å². The van der Waals surface area contributed by atoms with Crippen molar-refractivity contribution in [2.24, 2.45) is 5.92 Å². The predicted octanol–water partition coefficient (Wildman–Crippen LogP) is 2.51. The summed E-state index contributed by atoms with van der Waals surface area (Å²) in [4.78, 5) is 0. The summed E-state index contributed by atoms with van der Waals surface area (Å²) >= 11 is 0. The van der Waals surface area contributed by atoms with Gasteiger partial charge >= 0.3 is 0 Å². The van der Waals surface area contributed by atoms with Gasteiger partial charge in [0.2, 0.25) is 11.8 Å². The molecule has 0 saturated heterocycles. The Morgan fingerprint density at radius 3 is 2.88 bits per heavy atom. The number of fused-ring (bicyclic) bond motifs is 1. The molecule has 0 radical (unpaired) electrons. The zero-order valence-electron chi connectivity index (χ0n) is 13.7. The van der Waals surface area contributed by atoms with Crippen LogP contribution >= 0.6 is 0 Å². The van der Waals surface area contributed by atoms with Gasteiger partial charge < -0.3 is 14.2 Å². The maximum Gasteiger partial charge on any atom is 0.243 e. The first kappa shape index (κ1) is 16.0. The van der Waals surface area contributed by atoms with E-state index in [4.69, 9.17) is 19.6 Å². The molecule has 0 saturated carbocycles. The maximum atomic E-state index is 9.57. The molecule has 3 rings (SSSR count). The number of nitrogens with zero attached hydrogens (tertiary/aromatic N) is 2. The van der Waals surface area contributed by atoms with E-state index in [0.717, 1.165) is 28.1 Å². The van der Waals surface area contributed by atoms with E-state index < -0.39 is 5.92 Å². The third-order valence-electron chi connectivity index (χ3n) is 4.20. The van der Waals surface area contributed by atoms with Crippen LogP contribution in [0.3, 0.4) is 0 Å². The molecule has 1 aliphatic rings. The van der Waals surface area contributed by atoms with Gasteiger partial charge in [0.15, 0.2) is 0 Å². The number of aromatic nitrogens is 2. The van der Waals surface area contributed by atoms with Crippen LogP contribution in [0.1, 0.15) is 28.3 Å². The summed E-state index contributed by atoms with van der Waals surface area (Å²) in [6, 6.07) is 7.90. The lowest BCUT2D eigenvalue weighted by Crippen LogP contribution is -2.31. The summed E-state index contributed by atoms with van der Waals surface area (Å²) in [5.41, 5.74) is 3.42. The number of methoxy groups -OCH3 is 2. The lowest BCUT2D eigenvalue weighted by atomic mass is 9.79. The second kappa shape index (κ2) is 6.34. The largest absolute Gasteiger partial charge is 0.496 e. The summed E-state index contributed by atoms with van der Waals surface area (Å²) in [5, 5.41) is 24.6. The number of hydrogen-bond acceptors (Lipinski definition) is 6. The average Bonchev–Trinajstić information content (AvgIpc) is 2.94. The number of nitrogens with one attached hydrogen (secondary N) is 2. The third-order valence-corrected chi connectivity index (χ3v) is 4.20. The van der Waals surface area contributed by atoms with E-state index in [2.05, 4.69) is 16.3 Å². The highest BCUT2D eigenvalue weighted by Gasteiger charge is 2.39. The van der Waals surface area contributed by atoms with Crippen LogP contribution < -0.4 is 9.47 Å². The molecule has 7 nitrogen and oxygen atoms in total. The molecule has 2 aromatic rings. The number of H-pyrrole nitrogens is 1. The number of aromatic amines is 1. The van der Waals surface area contributed by atoms with Crippen molar-refractivity contribution < 1.29 is 14.2 Å². The first-order chi connectivity index (χ1) is 11.6. The zero-order chi connectivity index (χ0) is 17.3. The fourth-order valence-corrected chi connectivity index (χ4v) is 3.10. The van der Waals surface area contributed by atoms with E-state index in [9.17, 15) is 5.26 Å². The summed E-state index contributed by atoms with van der Waals surface area (Å²) < 4.78 is 16.0. The first-order valence-electron chi connectivity index (χ1n) is 7.47. The van der Waals surface area contributed by atoms with Crippen LogP contribution in [-0.4, -0.2) is 30.3 Å². The number of benzene rings is 1. The molecule has 2 unspecified atom stereocenters. The van der Waals surface area contributed by atoms with Gasteiger partial charge in [0.25, 0.3) is 0 Å². The summed E-state index contributed by atoms with van der Waals surface area (Å²) in [5.74, 6) is -0.0480. The molecule has 1 aromatic heterocycles. The Labute approximate surface area is 139 Å². The fraction of sp³-hybridized carbons (Fsp3) is 0.353. The number of hydrogen-bond donors (Lipinski definition) is 2. The second-order valence-electron chi connectivity index (χ2n) is 5.62. The van der Waals surface area contributed by atoms with Crippen LogP contribution in [0.2, 0.25) is 0 Å². The molecule has 0 fully saturated rings. The second-order valence-corrected chi connectivity index (χ2v) is 5.62. The molecular weight excluding hydrogens is 308 g/mol. The van der Waals surface area contributed by atoms with Gasteiger partial charge in [0.05, 0.1) is 19.8 Å². The minimum atomic E-state index is -0.711. The van der Waals surface area contributed by atoms with Gasteiger partial charge in [-0.15, -0.1) is 5.10 Å². The molecular formula is C17H18N4O3. The van der Waals surface area contributed by atoms with Gasteiger partial charge in [-0.25, -0.2) is 0 Å². The highest BCUT2D eigenvalue weighted by atomic mass is 16.5. The van der Waals surface area contributed by atoms with Crippen LogP contribution in [0.5, 0.6) is 11.6 Å². The molecule has 24 heavy (non-hydrogen) atoms. The lowest BCUT2D eigenvalue weighted by molar-refractivity contribution is 0.181. The number of rotatable bonds is 4. The highest BCUT2D eigenvalue weighted by molar-refractivity contribution is 5.84. The molecule has 2 atom stereocenters. The van der Waals surface area contributed by atoms with Crippen molar-refractivity contribution in [2.75, 3.05) is 14.2 Å². The molecule has 7 heteroatoms. The average molecular weight is 326 g/mol. The van der Waals surface area contributed by atoms with Gasteiger partial charge in [0.1, 0.15) is 11.7 Å². The van der Waals surface area contributed by atoms with Crippen molar-refractivity contribution >= 4 is 5.90 Å². The summed E-state index contributed by atoms with van der Waals surface area (Å²) in [7, 11) is 3.22. The Bertz CT molecular complexity index is 822. The molecule has 124 valence electrons. The van der Waals surface area contributed by atoms with E-state index in [1.54, 1.807) is 14.2 Å². The molecule has 2 N–H and O–H groups in total. The van der Waals surface area contributed by atoms with E-state index in [-0.39, 0.29) is 11.8 Å². The Balaban J connectivity index is 2.15. The zero-order valence-corrected chi connectivity index (χ0v) is 13.7. The van der Waals surface area contributed by atoms with Crippen molar-refractivity contribution in [1.82, 2.24) is 10.2 Å². The van der Waals surface area contributed by atoms with Crippen molar-refractivity contribution in [3.05, 3.63) is 40.6 Å². The SMILES string of the molecule is COCc1cc(C2c3c(n[nH]c3C)OC(=N)C2C#N)ccc1OC. The number of ether oxygens (including phenoxy) is 3. The van der Waals surface area contributed by atoms with Crippen molar-refractivity contribution in [1.29, 1.82) is 10.7 Å². The minimum absolute atomic E-state index is 0.0920. The third kappa shape index (κ3) is 2.51. The first-order valence-corrected chi connectivity index (χ1v) is 7.47. The normalized spacial score (nSPS) is 19.3. The van der Waals surface area contributed by atoms with Crippen molar-refractivity contribution in [2.45, 2.75) is 19.4 Å². The van der Waals surface area contributed by atoms with Crippen LogP contribution in [0, 0.1) is 29.6 Å². The monoisotopic (exact) mass is 326 g/mol. The molecule has 0 aliphatic carbocycles. The Hall–Kier alpha value is -2.85. The van der Waals surface area contributed by atoms with Crippen molar-refractivity contribution in [3.8, 4) is 17.7 Å². The van der Waals surface area contributed by atoms with Crippen LogP contribution in [-0.2, 0) is 11.3 Å². The minimum Gasteiger partial charge on any atom is -0.496 e. The number of aryl methyl sites for hydroxylation is 1. The predicted molar refractivity (Wildman–Crippen MR) is 86.3 cm³/mol. The molecule has 1 aliphatic heterocycles. The molecule has 0 spiro atoms. The fourth-order valence-electron chi connectivity index (χ4n) is 3.10. The van der Waals surface area contributed by atoms with Gasteiger partial charge in [-0.1, -0.05) is 6.07 Å². The van der Waals surface area contributed by atoms with Crippen LogP contribution in [0.4, 0.5) is 0 Å². The standard InChI is InChI=1S/C17H18N4O3/c1-9-14-15(12(7-18)16(19)24-17(14)21-20-9)10-4-5-13(23-3)11(6-10)8-22-2/h4-6,12,15,19H,8H2,1-3H3,(H,20,21).